The molecule has 7 nitrogen and oxygen atoms in total. The number of alkyl halides is 2. The molecule has 3 unspecified atom stereocenters. The van der Waals surface area contributed by atoms with Crippen LogP contribution in [-0.2, 0) is 4.79 Å². The first-order valence-corrected chi connectivity index (χ1v) is 10.9. The van der Waals surface area contributed by atoms with Crippen molar-refractivity contribution in [2.45, 2.75) is 18.6 Å². The third kappa shape index (κ3) is 4.29. The highest BCUT2D eigenvalue weighted by molar-refractivity contribution is 14.1. The van der Waals surface area contributed by atoms with Gasteiger partial charge < -0.3 is 10.1 Å². The molecule has 0 spiro atoms. The van der Waals surface area contributed by atoms with E-state index < -0.39 is 18.2 Å². The van der Waals surface area contributed by atoms with Crippen molar-refractivity contribution in [1.29, 1.82) is 0 Å². The van der Waals surface area contributed by atoms with E-state index in [-0.39, 0.29) is 18.2 Å². The summed E-state index contributed by atoms with van der Waals surface area (Å²) < 4.78 is 20.0. The van der Waals surface area contributed by atoms with Crippen molar-refractivity contribution < 1.29 is 18.7 Å². The van der Waals surface area contributed by atoms with Crippen molar-refractivity contribution in [3.8, 4) is 5.75 Å². The lowest BCUT2D eigenvalue weighted by Gasteiger charge is -2.20. The Morgan fingerprint density at radius 2 is 2.07 bits per heavy atom. The van der Waals surface area contributed by atoms with Crippen molar-refractivity contribution in [2.24, 2.45) is 11.0 Å². The maximum Gasteiger partial charge on any atom is 0.322 e. The second kappa shape index (κ2) is 8.52. The molecule has 29 heavy (non-hydrogen) atoms. The number of imide groups is 1. The second-order valence-electron chi connectivity index (χ2n) is 6.92. The molecule has 1 fully saturated rings. The number of hydrazone groups is 1. The molecule has 0 aromatic heterocycles. The number of hydrogen-bond acceptors (Lipinski definition) is 5. The van der Waals surface area contributed by atoms with Crippen LogP contribution in [0.25, 0.3) is 0 Å². The predicted molar refractivity (Wildman–Crippen MR) is 116 cm³/mol. The number of urea groups is 1. The molecule has 1 saturated heterocycles. The van der Waals surface area contributed by atoms with Gasteiger partial charge in [-0.15, -0.1) is 0 Å². The topological polar surface area (TPSA) is 83.0 Å². The molecule has 0 bridgehead atoms. The van der Waals surface area contributed by atoms with Gasteiger partial charge in [-0.2, -0.15) is 5.10 Å². The monoisotopic (exact) mass is 510 g/mol. The van der Waals surface area contributed by atoms with E-state index in [2.05, 4.69) is 33.2 Å². The van der Waals surface area contributed by atoms with E-state index in [9.17, 15) is 14.0 Å². The summed E-state index contributed by atoms with van der Waals surface area (Å²) in [4.78, 5) is 23.9. The Balaban J connectivity index is 1.60. The van der Waals surface area contributed by atoms with Crippen molar-refractivity contribution in [3.05, 3.63) is 48.1 Å². The largest absolute Gasteiger partial charge is 0.493 e. The molecule has 0 saturated carbocycles. The Bertz CT molecular complexity index is 899. The molecule has 0 radical (unpaired) electrons. The van der Waals surface area contributed by atoms with Gasteiger partial charge in [-0.1, -0.05) is 34.7 Å². The fraction of sp³-hybridized carbons (Fsp3) is 0.350. The summed E-state index contributed by atoms with van der Waals surface area (Å²) in [6.07, 6.45) is 4.22. The maximum absolute atomic E-state index is 13.5. The van der Waals surface area contributed by atoms with Crippen molar-refractivity contribution in [3.63, 3.8) is 0 Å². The van der Waals surface area contributed by atoms with Crippen LogP contribution in [0.5, 0.6) is 5.75 Å². The fourth-order valence-corrected chi connectivity index (χ4v) is 3.81. The molecule has 4 rings (SSSR count). The minimum atomic E-state index is -1.01. The summed E-state index contributed by atoms with van der Waals surface area (Å²) in [5, 5.41) is 11.5. The van der Waals surface area contributed by atoms with E-state index in [1.165, 1.54) is 6.08 Å². The van der Waals surface area contributed by atoms with Crippen molar-refractivity contribution >= 4 is 45.9 Å². The molecule has 1 aromatic rings. The van der Waals surface area contributed by atoms with E-state index in [0.717, 1.165) is 21.4 Å². The summed E-state index contributed by atoms with van der Waals surface area (Å²) in [6, 6.07) is 6.34. The average Bonchev–Trinajstić information content (AvgIpc) is 3.30. The Labute approximate surface area is 181 Å². The molecular weight excluding hydrogens is 490 g/mol. The number of hydrogen-bond donors (Lipinski definition) is 2. The van der Waals surface area contributed by atoms with Gasteiger partial charge in [0.1, 0.15) is 18.0 Å². The third-order valence-corrected chi connectivity index (χ3v) is 5.42. The van der Waals surface area contributed by atoms with E-state index >= 15 is 0 Å². The summed E-state index contributed by atoms with van der Waals surface area (Å²) in [5.41, 5.74) is 2.29. The minimum absolute atomic E-state index is 0.268. The van der Waals surface area contributed by atoms with Crippen LogP contribution in [0.4, 0.5) is 14.9 Å². The number of amides is 3. The quantitative estimate of drug-likeness (QED) is 0.351. The van der Waals surface area contributed by atoms with Crippen LogP contribution >= 0.6 is 22.6 Å². The van der Waals surface area contributed by atoms with Crippen LogP contribution in [0.3, 0.4) is 0 Å². The van der Waals surface area contributed by atoms with E-state index in [1.807, 2.05) is 24.3 Å². The van der Waals surface area contributed by atoms with Crippen LogP contribution < -0.4 is 20.4 Å². The number of anilines is 1. The minimum Gasteiger partial charge on any atom is -0.493 e. The summed E-state index contributed by atoms with van der Waals surface area (Å²) >= 11 is 2.25. The van der Waals surface area contributed by atoms with E-state index in [1.54, 1.807) is 17.2 Å². The van der Waals surface area contributed by atoms with Gasteiger partial charge in [-0.25, -0.2) is 9.18 Å². The molecule has 1 aliphatic carbocycles. The third-order valence-electron chi connectivity index (χ3n) is 4.98. The van der Waals surface area contributed by atoms with Crippen LogP contribution in [0.2, 0.25) is 0 Å². The first-order chi connectivity index (χ1) is 14.0. The fourth-order valence-electron chi connectivity index (χ4n) is 3.59. The Kier molecular flexibility index (Phi) is 5.84. The smallest absolute Gasteiger partial charge is 0.322 e. The zero-order valence-electron chi connectivity index (χ0n) is 15.5. The molecule has 2 aliphatic heterocycles. The second-order valence-corrected chi connectivity index (χ2v) is 7.99. The molecule has 2 N–H and O–H groups in total. The molecule has 1 aromatic carbocycles. The number of carbonyl (C=O) groups excluding carboxylic acids is 2. The van der Waals surface area contributed by atoms with Gasteiger partial charge in [0.15, 0.2) is 0 Å². The van der Waals surface area contributed by atoms with Gasteiger partial charge in [0.25, 0.3) is 5.91 Å². The van der Waals surface area contributed by atoms with Crippen LogP contribution in [0.15, 0.2) is 53.2 Å². The first kappa shape index (κ1) is 19.9. The highest BCUT2D eigenvalue weighted by atomic mass is 127. The highest BCUT2D eigenvalue weighted by Gasteiger charge is 2.43. The Morgan fingerprint density at radius 3 is 2.69 bits per heavy atom. The number of halogens is 2. The highest BCUT2D eigenvalue weighted by Crippen LogP contribution is 2.31. The summed E-state index contributed by atoms with van der Waals surface area (Å²) in [5.74, 6) is 0.0593. The molecule has 3 aliphatic rings. The first-order valence-electron chi connectivity index (χ1n) is 9.34. The van der Waals surface area contributed by atoms with Crippen molar-refractivity contribution in [2.75, 3.05) is 22.6 Å². The van der Waals surface area contributed by atoms with E-state index in [0.29, 0.717) is 18.9 Å². The van der Waals surface area contributed by atoms with Gasteiger partial charge in [0.2, 0.25) is 0 Å². The van der Waals surface area contributed by atoms with Gasteiger partial charge in [0.05, 0.1) is 30.5 Å². The Morgan fingerprint density at radius 1 is 1.28 bits per heavy atom. The molecule has 152 valence electrons. The zero-order valence-corrected chi connectivity index (χ0v) is 17.6. The van der Waals surface area contributed by atoms with Crippen LogP contribution in [-0.4, -0.2) is 47.4 Å². The lowest BCUT2D eigenvalue weighted by Crippen LogP contribution is -2.42. The zero-order chi connectivity index (χ0) is 20.4. The van der Waals surface area contributed by atoms with Gasteiger partial charge in [-0.05, 0) is 35.9 Å². The number of rotatable bonds is 6. The number of ether oxygens (including phenoxy) is 1. The molecule has 9 heteroatoms. The van der Waals surface area contributed by atoms with Crippen LogP contribution in [0.1, 0.15) is 6.42 Å². The number of benzene rings is 1. The van der Waals surface area contributed by atoms with Gasteiger partial charge in [-0.3, -0.25) is 15.1 Å². The predicted octanol–water partition coefficient (Wildman–Crippen LogP) is 2.73. The number of nitrogens with zero attached hydrogens (tertiary/aromatic N) is 2. The standard InChI is InChI=1S/C20H20FIN4O3/c21-13-3-1-12(2-4-13)17-16(18-19(27)24-20(28)23-18)11-26(25-17)14-5-7-15(8-6-14)29-10-9-22/h1-3,5-8,13,16,18H,4,9-11H2,(H2,23,24,27,28). The Hall–Kier alpha value is -2.43. The lowest BCUT2D eigenvalue weighted by molar-refractivity contribution is -0.120. The van der Waals surface area contributed by atoms with Gasteiger partial charge in [0, 0.05) is 10.8 Å². The molecule has 3 atom stereocenters. The molecular formula is C20H20FIN4O3. The number of allylic oxidation sites excluding steroid dienone is 4. The normalized spacial score (nSPS) is 26.1. The molecule has 3 amide bonds. The number of carbonyl (C=O) groups is 2. The van der Waals surface area contributed by atoms with Crippen molar-refractivity contribution in [1.82, 2.24) is 10.6 Å². The average molecular weight is 510 g/mol. The number of nitrogens with one attached hydrogen (secondary N) is 2. The van der Waals surface area contributed by atoms with E-state index in [4.69, 9.17) is 9.84 Å². The maximum atomic E-state index is 13.5. The summed E-state index contributed by atoms with van der Waals surface area (Å²) in [6.45, 7) is 1.06. The lowest BCUT2D eigenvalue weighted by atomic mass is 9.88. The SMILES string of the molecule is O=C1NC(=O)C(C2CN(c3ccc(OCCI)cc3)N=C2C2=CCC(F)C=C2)N1. The summed E-state index contributed by atoms with van der Waals surface area (Å²) in [7, 11) is 0. The van der Waals surface area contributed by atoms with Crippen LogP contribution in [0, 0.1) is 5.92 Å². The molecule has 2 heterocycles. The van der Waals surface area contributed by atoms with Gasteiger partial charge >= 0.3 is 6.03 Å².